The van der Waals surface area contributed by atoms with E-state index in [0.29, 0.717) is 17.0 Å². The van der Waals surface area contributed by atoms with Crippen molar-refractivity contribution < 1.29 is 24.2 Å². The Balaban J connectivity index is 1.67. The number of carboxylic acid groups (broad SMARTS) is 1. The maximum atomic E-state index is 12.5. The topological polar surface area (TPSA) is 95.9 Å². The molecule has 8 heteroatoms. The van der Waals surface area contributed by atoms with Crippen LogP contribution >= 0.6 is 11.8 Å². The molecule has 0 radical (unpaired) electrons. The SMILES string of the molecule is COc1ccc(NC2SC(=O)N(Cc3ccc(C(=O)O)cc3)C2=O)cc1. The highest BCUT2D eigenvalue weighted by Crippen LogP contribution is 2.30. The number of ether oxygens (including phenoxy) is 1. The number of hydrogen-bond acceptors (Lipinski definition) is 6. The van der Waals surface area contributed by atoms with Gasteiger partial charge in [0.25, 0.3) is 11.1 Å². The number of imide groups is 1. The highest BCUT2D eigenvalue weighted by atomic mass is 32.2. The van der Waals surface area contributed by atoms with Gasteiger partial charge in [-0.3, -0.25) is 14.5 Å². The fraction of sp³-hybridized carbons (Fsp3) is 0.167. The van der Waals surface area contributed by atoms with Crippen LogP contribution in [0.5, 0.6) is 5.75 Å². The summed E-state index contributed by atoms with van der Waals surface area (Å²) in [6, 6.07) is 13.1. The van der Waals surface area contributed by atoms with Gasteiger partial charge in [0.1, 0.15) is 5.75 Å². The average Bonchev–Trinajstić information content (AvgIpc) is 2.90. The van der Waals surface area contributed by atoms with Crippen LogP contribution in [0.4, 0.5) is 10.5 Å². The maximum Gasteiger partial charge on any atom is 0.335 e. The van der Waals surface area contributed by atoms with Crippen LogP contribution in [0.1, 0.15) is 15.9 Å². The Morgan fingerprint density at radius 2 is 1.81 bits per heavy atom. The first kappa shape index (κ1) is 17.8. The molecule has 1 aliphatic rings. The molecule has 0 spiro atoms. The van der Waals surface area contributed by atoms with Gasteiger partial charge in [-0.1, -0.05) is 12.1 Å². The molecule has 0 bridgehead atoms. The predicted octanol–water partition coefficient (Wildman–Crippen LogP) is 3.03. The summed E-state index contributed by atoms with van der Waals surface area (Å²) in [5, 5.41) is 10.9. The number of carbonyl (C=O) groups excluding carboxylic acids is 2. The van der Waals surface area contributed by atoms with Crippen molar-refractivity contribution in [3.8, 4) is 5.75 Å². The third-order valence-electron chi connectivity index (χ3n) is 3.86. The van der Waals surface area contributed by atoms with Crippen LogP contribution in [-0.2, 0) is 11.3 Å². The minimum atomic E-state index is -1.02. The number of nitrogens with one attached hydrogen (secondary N) is 1. The van der Waals surface area contributed by atoms with Crippen LogP contribution in [0, 0.1) is 0 Å². The lowest BCUT2D eigenvalue weighted by Crippen LogP contribution is -2.33. The first-order valence-corrected chi connectivity index (χ1v) is 8.60. The highest BCUT2D eigenvalue weighted by Gasteiger charge is 2.39. The molecule has 1 atom stereocenters. The van der Waals surface area contributed by atoms with Crippen LogP contribution in [0.3, 0.4) is 0 Å². The zero-order valence-electron chi connectivity index (χ0n) is 13.8. The fourth-order valence-electron chi connectivity index (χ4n) is 2.45. The van der Waals surface area contributed by atoms with Crippen molar-refractivity contribution in [1.82, 2.24) is 4.90 Å². The second-order valence-electron chi connectivity index (χ2n) is 5.56. The Hall–Kier alpha value is -3.00. The van der Waals surface area contributed by atoms with E-state index in [-0.39, 0.29) is 23.3 Å². The lowest BCUT2D eigenvalue weighted by molar-refractivity contribution is -0.126. The van der Waals surface area contributed by atoms with Crippen molar-refractivity contribution >= 4 is 34.6 Å². The highest BCUT2D eigenvalue weighted by molar-refractivity contribution is 8.15. The number of anilines is 1. The van der Waals surface area contributed by atoms with Crippen molar-refractivity contribution in [2.24, 2.45) is 0 Å². The van der Waals surface area contributed by atoms with Gasteiger partial charge in [-0.25, -0.2) is 4.79 Å². The normalized spacial score (nSPS) is 16.7. The van der Waals surface area contributed by atoms with E-state index in [9.17, 15) is 14.4 Å². The molecule has 0 saturated carbocycles. The van der Waals surface area contributed by atoms with Gasteiger partial charge in [-0.15, -0.1) is 0 Å². The Morgan fingerprint density at radius 1 is 1.15 bits per heavy atom. The smallest absolute Gasteiger partial charge is 0.335 e. The Bertz CT molecular complexity index is 836. The molecule has 134 valence electrons. The Kier molecular flexibility index (Phi) is 5.13. The van der Waals surface area contributed by atoms with Crippen molar-refractivity contribution in [1.29, 1.82) is 0 Å². The molecule has 1 unspecified atom stereocenters. The number of carboxylic acids is 1. The van der Waals surface area contributed by atoms with Crippen molar-refractivity contribution in [2.75, 3.05) is 12.4 Å². The number of methoxy groups -OCH3 is 1. The molecule has 1 heterocycles. The van der Waals surface area contributed by atoms with Crippen molar-refractivity contribution in [3.05, 3.63) is 59.7 Å². The Morgan fingerprint density at radius 3 is 2.38 bits per heavy atom. The summed E-state index contributed by atoms with van der Waals surface area (Å²) in [6.07, 6.45) is 0. The molecule has 1 aliphatic heterocycles. The maximum absolute atomic E-state index is 12.5. The van der Waals surface area contributed by atoms with Gasteiger partial charge in [0.2, 0.25) is 0 Å². The molecular weight excluding hydrogens is 356 g/mol. The number of amides is 2. The molecule has 26 heavy (non-hydrogen) atoms. The molecule has 1 fully saturated rings. The number of nitrogens with zero attached hydrogens (tertiary/aromatic N) is 1. The van der Waals surface area contributed by atoms with Gasteiger partial charge in [0.05, 0.1) is 19.2 Å². The number of carbonyl (C=O) groups is 3. The third-order valence-corrected chi connectivity index (χ3v) is 4.84. The summed E-state index contributed by atoms with van der Waals surface area (Å²) >= 11 is 0.915. The second-order valence-corrected chi connectivity index (χ2v) is 6.62. The number of thioether (sulfide) groups is 1. The van der Waals surface area contributed by atoms with Crippen LogP contribution in [0.15, 0.2) is 48.5 Å². The molecule has 2 aromatic rings. The van der Waals surface area contributed by atoms with E-state index in [0.717, 1.165) is 16.7 Å². The molecule has 0 aromatic heterocycles. The van der Waals surface area contributed by atoms with E-state index in [1.54, 1.807) is 43.5 Å². The fourth-order valence-corrected chi connectivity index (χ4v) is 3.36. The average molecular weight is 372 g/mol. The third kappa shape index (κ3) is 3.80. The zero-order valence-corrected chi connectivity index (χ0v) is 14.7. The van der Waals surface area contributed by atoms with Gasteiger partial charge >= 0.3 is 5.97 Å². The zero-order chi connectivity index (χ0) is 18.7. The van der Waals surface area contributed by atoms with Crippen LogP contribution in [-0.4, -0.2) is 39.6 Å². The monoisotopic (exact) mass is 372 g/mol. The summed E-state index contributed by atoms with van der Waals surface area (Å²) in [5.41, 5.74) is 1.54. The predicted molar refractivity (Wildman–Crippen MR) is 97.3 cm³/mol. The summed E-state index contributed by atoms with van der Waals surface area (Å²) < 4.78 is 5.08. The largest absolute Gasteiger partial charge is 0.497 e. The quantitative estimate of drug-likeness (QED) is 0.804. The van der Waals surface area contributed by atoms with Gasteiger partial charge in [0, 0.05) is 5.69 Å². The van der Waals surface area contributed by atoms with Crippen molar-refractivity contribution in [2.45, 2.75) is 11.9 Å². The molecule has 1 saturated heterocycles. The van der Waals surface area contributed by atoms with Crippen LogP contribution in [0.2, 0.25) is 0 Å². The van der Waals surface area contributed by atoms with Crippen LogP contribution < -0.4 is 10.1 Å². The van der Waals surface area contributed by atoms with Crippen molar-refractivity contribution in [3.63, 3.8) is 0 Å². The molecule has 0 aliphatic carbocycles. The number of hydrogen-bond donors (Lipinski definition) is 2. The molecular formula is C18H16N2O5S. The summed E-state index contributed by atoms with van der Waals surface area (Å²) in [6.45, 7) is 0.103. The molecule has 3 rings (SSSR count). The van der Waals surface area contributed by atoms with E-state index in [1.165, 1.54) is 12.1 Å². The van der Waals surface area contributed by atoms with Gasteiger partial charge in [0.15, 0.2) is 5.37 Å². The minimum absolute atomic E-state index is 0.103. The van der Waals surface area contributed by atoms with Crippen LogP contribution in [0.25, 0.3) is 0 Å². The minimum Gasteiger partial charge on any atom is -0.497 e. The molecule has 7 nitrogen and oxygen atoms in total. The summed E-state index contributed by atoms with van der Waals surface area (Å²) in [4.78, 5) is 36.7. The van der Waals surface area contributed by atoms with E-state index in [2.05, 4.69) is 5.32 Å². The second kappa shape index (κ2) is 7.49. The number of rotatable bonds is 6. The molecule has 2 N–H and O–H groups in total. The first-order chi connectivity index (χ1) is 12.5. The van der Waals surface area contributed by atoms with Gasteiger partial charge in [-0.2, -0.15) is 0 Å². The van der Waals surface area contributed by atoms with E-state index >= 15 is 0 Å². The standard InChI is InChI=1S/C18H16N2O5S/c1-25-14-8-6-13(7-9-14)19-15-16(21)20(18(24)26-15)10-11-2-4-12(5-3-11)17(22)23/h2-9,15,19H,10H2,1H3,(H,22,23). The molecule has 2 amide bonds. The van der Waals surface area contributed by atoms with Gasteiger partial charge in [-0.05, 0) is 53.7 Å². The first-order valence-electron chi connectivity index (χ1n) is 7.73. The summed E-state index contributed by atoms with van der Waals surface area (Å²) in [7, 11) is 1.57. The number of benzene rings is 2. The van der Waals surface area contributed by atoms with E-state index < -0.39 is 11.3 Å². The molecule has 2 aromatic carbocycles. The van der Waals surface area contributed by atoms with E-state index in [1.807, 2.05) is 0 Å². The lowest BCUT2D eigenvalue weighted by Gasteiger charge is -2.15. The van der Waals surface area contributed by atoms with Gasteiger partial charge < -0.3 is 15.2 Å². The number of aromatic carboxylic acids is 1. The lowest BCUT2D eigenvalue weighted by atomic mass is 10.1. The van der Waals surface area contributed by atoms with E-state index in [4.69, 9.17) is 9.84 Å². The summed E-state index contributed by atoms with van der Waals surface area (Å²) in [5.74, 6) is -0.661. The Labute approximate surface area is 153 Å².